The third-order valence-electron chi connectivity index (χ3n) is 5.46. The lowest BCUT2D eigenvalue weighted by Crippen LogP contribution is -2.50. The summed E-state index contributed by atoms with van der Waals surface area (Å²) in [6.07, 6.45) is 4.95. The predicted octanol–water partition coefficient (Wildman–Crippen LogP) is 4.03. The predicted molar refractivity (Wildman–Crippen MR) is 118 cm³/mol. The summed E-state index contributed by atoms with van der Waals surface area (Å²) >= 11 is 3.61. The van der Waals surface area contributed by atoms with Crippen molar-refractivity contribution in [3.8, 4) is 0 Å². The van der Waals surface area contributed by atoms with Crippen LogP contribution in [0, 0.1) is 5.92 Å². The zero-order valence-corrected chi connectivity index (χ0v) is 19.0. The number of hydrogen-bond acceptors (Lipinski definition) is 2. The standard InChI is InChI=1S/C19H28BrN3O.HI/c1-21-18(23(2)12-15-7-10-24-13-15)22-14-19(8-4-9-19)16-5-3-6-17(20)11-16;/h3,5-6,11,15H,4,7-10,12-14H2,1-2H3,(H,21,22);1H. The zero-order chi connectivity index (χ0) is 17.0. The van der Waals surface area contributed by atoms with Crippen molar-refractivity contribution in [2.75, 3.05) is 40.4 Å². The molecule has 1 aliphatic carbocycles. The van der Waals surface area contributed by atoms with Crippen LogP contribution >= 0.6 is 39.9 Å². The van der Waals surface area contributed by atoms with Crippen LogP contribution in [0.3, 0.4) is 0 Å². The number of benzene rings is 1. The fourth-order valence-electron chi connectivity index (χ4n) is 3.82. The number of nitrogens with one attached hydrogen (secondary N) is 1. The topological polar surface area (TPSA) is 36.9 Å². The van der Waals surface area contributed by atoms with E-state index in [9.17, 15) is 0 Å². The molecule has 25 heavy (non-hydrogen) atoms. The van der Waals surface area contributed by atoms with Gasteiger partial charge in [-0.1, -0.05) is 34.5 Å². The Morgan fingerprint density at radius 3 is 2.80 bits per heavy atom. The van der Waals surface area contributed by atoms with Crippen LogP contribution in [0.5, 0.6) is 0 Å². The smallest absolute Gasteiger partial charge is 0.193 e. The maximum atomic E-state index is 5.49. The number of halogens is 2. The molecular formula is C19H29BrIN3O. The van der Waals surface area contributed by atoms with Gasteiger partial charge in [0.15, 0.2) is 5.96 Å². The van der Waals surface area contributed by atoms with E-state index in [1.54, 1.807) is 0 Å². The molecule has 1 atom stereocenters. The molecule has 3 rings (SSSR count). The molecule has 1 aromatic carbocycles. The number of nitrogens with zero attached hydrogens (tertiary/aromatic N) is 2. The van der Waals surface area contributed by atoms with Crippen LogP contribution in [0.4, 0.5) is 0 Å². The van der Waals surface area contributed by atoms with Gasteiger partial charge in [0, 0.05) is 49.6 Å². The van der Waals surface area contributed by atoms with E-state index in [4.69, 9.17) is 4.74 Å². The molecule has 0 spiro atoms. The van der Waals surface area contributed by atoms with Crippen LogP contribution in [0.2, 0.25) is 0 Å². The molecule has 1 saturated carbocycles. The normalized spacial score (nSPS) is 22.0. The minimum absolute atomic E-state index is 0. The molecule has 1 unspecified atom stereocenters. The Morgan fingerprint density at radius 1 is 1.44 bits per heavy atom. The Balaban J connectivity index is 0.00000225. The molecule has 4 nitrogen and oxygen atoms in total. The van der Waals surface area contributed by atoms with Crippen molar-refractivity contribution in [3.63, 3.8) is 0 Å². The lowest BCUT2D eigenvalue weighted by Gasteiger charge is -2.43. The highest BCUT2D eigenvalue weighted by molar-refractivity contribution is 14.0. The SMILES string of the molecule is CN=C(NCC1(c2cccc(Br)c2)CCC1)N(C)CC1CCOC1.I. The van der Waals surface area contributed by atoms with Gasteiger partial charge >= 0.3 is 0 Å². The van der Waals surface area contributed by atoms with Gasteiger partial charge in [-0.2, -0.15) is 0 Å². The molecule has 0 aromatic heterocycles. The maximum absolute atomic E-state index is 5.49. The Hall–Kier alpha value is -0.340. The summed E-state index contributed by atoms with van der Waals surface area (Å²) in [4.78, 5) is 6.73. The second-order valence-electron chi connectivity index (χ2n) is 7.16. The van der Waals surface area contributed by atoms with Gasteiger partial charge < -0.3 is 15.0 Å². The molecular weight excluding hydrogens is 493 g/mol. The van der Waals surface area contributed by atoms with Crippen LogP contribution in [-0.2, 0) is 10.2 Å². The van der Waals surface area contributed by atoms with Gasteiger partial charge in [0.05, 0.1) is 6.61 Å². The summed E-state index contributed by atoms with van der Waals surface area (Å²) in [6.45, 7) is 3.73. The number of rotatable bonds is 5. The third kappa shape index (κ3) is 5.10. The second kappa shape index (κ2) is 9.55. The van der Waals surface area contributed by atoms with Crippen LogP contribution in [0.15, 0.2) is 33.7 Å². The Kier molecular flexibility index (Phi) is 8.01. The largest absolute Gasteiger partial charge is 0.381 e. The highest BCUT2D eigenvalue weighted by Crippen LogP contribution is 2.43. The molecule has 1 N–H and O–H groups in total. The molecule has 0 bridgehead atoms. The highest BCUT2D eigenvalue weighted by Gasteiger charge is 2.39. The van der Waals surface area contributed by atoms with Crippen molar-refractivity contribution in [2.24, 2.45) is 10.9 Å². The number of ether oxygens (including phenoxy) is 1. The summed E-state index contributed by atoms with van der Waals surface area (Å²) in [5.41, 5.74) is 1.68. The molecule has 1 aromatic rings. The van der Waals surface area contributed by atoms with Gasteiger partial charge in [-0.3, -0.25) is 4.99 Å². The van der Waals surface area contributed by atoms with E-state index >= 15 is 0 Å². The van der Waals surface area contributed by atoms with Crippen LogP contribution < -0.4 is 5.32 Å². The van der Waals surface area contributed by atoms with Crippen molar-refractivity contribution in [2.45, 2.75) is 31.1 Å². The van der Waals surface area contributed by atoms with E-state index < -0.39 is 0 Å². The summed E-state index contributed by atoms with van der Waals surface area (Å²) in [6, 6.07) is 8.76. The molecule has 6 heteroatoms. The van der Waals surface area contributed by atoms with E-state index in [1.807, 2.05) is 7.05 Å². The van der Waals surface area contributed by atoms with Crippen molar-refractivity contribution >= 4 is 45.9 Å². The van der Waals surface area contributed by atoms with E-state index in [1.165, 1.54) is 24.8 Å². The summed E-state index contributed by atoms with van der Waals surface area (Å²) in [5, 5.41) is 3.62. The Labute approximate surface area is 176 Å². The molecule has 1 heterocycles. The molecule has 2 fully saturated rings. The molecule has 2 aliphatic rings. The average molecular weight is 522 g/mol. The number of aliphatic imine (C=N–C) groups is 1. The summed E-state index contributed by atoms with van der Waals surface area (Å²) in [5.74, 6) is 1.61. The van der Waals surface area contributed by atoms with Gasteiger partial charge in [-0.05, 0) is 37.0 Å². The number of hydrogen-bond donors (Lipinski definition) is 1. The van der Waals surface area contributed by atoms with E-state index in [0.29, 0.717) is 5.92 Å². The van der Waals surface area contributed by atoms with Crippen LogP contribution in [-0.4, -0.2) is 51.3 Å². The monoisotopic (exact) mass is 521 g/mol. The van der Waals surface area contributed by atoms with Crippen molar-refractivity contribution < 1.29 is 4.74 Å². The van der Waals surface area contributed by atoms with Crippen LogP contribution in [0.1, 0.15) is 31.2 Å². The molecule has 1 saturated heterocycles. The molecule has 140 valence electrons. The fraction of sp³-hybridized carbons (Fsp3) is 0.632. The first-order valence-corrected chi connectivity index (χ1v) is 9.68. The minimum atomic E-state index is 0. The van der Waals surface area contributed by atoms with E-state index in [-0.39, 0.29) is 29.4 Å². The van der Waals surface area contributed by atoms with Gasteiger partial charge in [-0.15, -0.1) is 24.0 Å². The van der Waals surface area contributed by atoms with Gasteiger partial charge in [0.25, 0.3) is 0 Å². The van der Waals surface area contributed by atoms with Crippen molar-refractivity contribution in [3.05, 3.63) is 34.3 Å². The number of guanidine groups is 1. The highest BCUT2D eigenvalue weighted by atomic mass is 127. The fourth-order valence-corrected chi connectivity index (χ4v) is 4.22. The van der Waals surface area contributed by atoms with E-state index in [2.05, 4.69) is 62.5 Å². The molecule has 1 aliphatic heterocycles. The Morgan fingerprint density at radius 2 is 2.24 bits per heavy atom. The molecule has 0 amide bonds. The average Bonchev–Trinajstić information content (AvgIpc) is 3.03. The lowest BCUT2D eigenvalue weighted by molar-refractivity contribution is 0.181. The van der Waals surface area contributed by atoms with Gasteiger partial charge in [-0.25, -0.2) is 0 Å². The first-order chi connectivity index (χ1) is 11.6. The third-order valence-corrected chi connectivity index (χ3v) is 5.96. The van der Waals surface area contributed by atoms with Crippen LogP contribution in [0.25, 0.3) is 0 Å². The zero-order valence-electron chi connectivity index (χ0n) is 15.1. The van der Waals surface area contributed by atoms with Crippen molar-refractivity contribution in [1.29, 1.82) is 0 Å². The van der Waals surface area contributed by atoms with Gasteiger partial charge in [0.2, 0.25) is 0 Å². The second-order valence-corrected chi connectivity index (χ2v) is 8.07. The Bertz CT molecular complexity index is 586. The first kappa shape index (κ1) is 21.0. The van der Waals surface area contributed by atoms with E-state index in [0.717, 1.165) is 43.2 Å². The first-order valence-electron chi connectivity index (χ1n) is 8.88. The quantitative estimate of drug-likeness (QED) is 0.361. The van der Waals surface area contributed by atoms with Crippen molar-refractivity contribution in [1.82, 2.24) is 10.2 Å². The maximum Gasteiger partial charge on any atom is 0.193 e. The summed E-state index contributed by atoms with van der Waals surface area (Å²) in [7, 11) is 4.00. The van der Waals surface area contributed by atoms with Gasteiger partial charge in [0.1, 0.15) is 0 Å². The lowest BCUT2D eigenvalue weighted by atomic mass is 9.64. The molecule has 0 radical (unpaired) electrons. The minimum Gasteiger partial charge on any atom is -0.381 e. The summed E-state index contributed by atoms with van der Waals surface area (Å²) < 4.78 is 6.65.